The molecule has 0 radical (unpaired) electrons. The zero-order valence-corrected chi connectivity index (χ0v) is 7.62. The summed E-state index contributed by atoms with van der Waals surface area (Å²) in [6.07, 6.45) is 1.47. The quantitative estimate of drug-likeness (QED) is 0.758. The summed E-state index contributed by atoms with van der Waals surface area (Å²) >= 11 is 1.38. The normalized spacial score (nSPS) is 10.8. The van der Waals surface area contributed by atoms with E-state index in [-0.39, 0.29) is 12.2 Å². The largest absolute Gasteiger partial charge is 0.395 e. The second-order valence-corrected chi connectivity index (χ2v) is 3.52. The van der Waals surface area contributed by atoms with Crippen LogP contribution in [0, 0.1) is 0 Å². The van der Waals surface area contributed by atoms with Crippen molar-refractivity contribution in [2.75, 3.05) is 6.61 Å². The van der Waals surface area contributed by atoms with Crippen LogP contribution in [0.25, 0.3) is 10.2 Å². The van der Waals surface area contributed by atoms with Crippen LogP contribution < -0.4 is 5.56 Å². The van der Waals surface area contributed by atoms with Gasteiger partial charge in [-0.3, -0.25) is 9.36 Å². The molecule has 0 fully saturated rings. The maximum Gasteiger partial charge on any atom is 0.271 e. The molecule has 0 aliphatic rings. The van der Waals surface area contributed by atoms with Crippen molar-refractivity contribution in [1.82, 2.24) is 9.55 Å². The van der Waals surface area contributed by atoms with Crippen molar-refractivity contribution in [3.63, 3.8) is 0 Å². The Labute approximate surface area is 78.1 Å². The lowest BCUT2D eigenvalue weighted by atomic mass is 10.4. The minimum Gasteiger partial charge on any atom is -0.395 e. The summed E-state index contributed by atoms with van der Waals surface area (Å²) in [6, 6.07) is 1.81. The van der Waals surface area contributed by atoms with E-state index in [1.165, 1.54) is 22.2 Å². The molecular formula is C8H8N2O2S. The first-order chi connectivity index (χ1) is 6.33. The molecule has 2 aromatic heterocycles. The molecule has 0 saturated carbocycles. The molecule has 0 bridgehead atoms. The number of rotatable bonds is 2. The Kier molecular flexibility index (Phi) is 2.12. The molecule has 0 amide bonds. The van der Waals surface area contributed by atoms with Crippen LogP contribution in [-0.4, -0.2) is 21.3 Å². The number of aliphatic hydroxyl groups excluding tert-OH is 1. The Bertz CT molecular complexity index is 474. The zero-order valence-electron chi connectivity index (χ0n) is 6.80. The first-order valence-corrected chi connectivity index (χ1v) is 4.74. The van der Waals surface area contributed by atoms with Gasteiger partial charge >= 0.3 is 0 Å². The van der Waals surface area contributed by atoms with Gasteiger partial charge in [0.15, 0.2) is 0 Å². The summed E-state index contributed by atoms with van der Waals surface area (Å²) in [7, 11) is 0. The third kappa shape index (κ3) is 1.36. The first-order valence-electron chi connectivity index (χ1n) is 3.86. The first kappa shape index (κ1) is 8.40. The van der Waals surface area contributed by atoms with E-state index >= 15 is 0 Å². The summed E-state index contributed by atoms with van der Waals surface area (Å²) in [5.74, 6) is 0. The monoisotopic (exact) mass is 196 g/mol. The lowest BCUT2D eigenvalue weighted by molar-refractivity contribution is 0.274. The summed E-state index contributed by atoms with van der Waals surface area (Å²) in [5, 5.41) is 10.5. The Morgan fingerprint density at radius 1 is 1.62 bits per heavy atom. The van der Waals surface area contributed by atoms with Crippen molar-refractivity contribution in [2.24, 2.45) is 0 Å². The van der Waals surface area contributed by atoms with E-state index in [9.17, 15) is 4.79 Å². The minimum absolute atomic E-state index is 0.0432. The highest BCUT2D eigenvalue weighted by molar-refractivity contribution is 7.17. The molecule has 2 aromatic rings. The molecule has 68 valence electrons. The highest BCUT2D eigenvalue weighted by Crippen LogP contribution is 2.12. The Morgan fingerprint density at radius 2 is 2.46 bits per heavy atom. The van der Waals surface area contributed by atoms with E-state index in [4.69, 9.17) is 5.11 Å². The third-order valence-electron chi connectivity index (χ3n) is 1.78. The lowest BCUT2D eigenvalue weighted by Crippen LogP contribution is -2.21. The smallest absolute Gasteiger partial charge is 0.271 e. The van der Waals surface area contributed by atoms with Gasteiger partial charge in [0.1, 0.15) is 4.70 Å². The van der Waals surface area contributed by atoms with Gasteiger partial charge in [-0.05, 0) is 11.4 Å². The SMILES string of the molecule is O=c1c2sccc2ncn1CCO. The predicted molar refractivity (Wildman–Crippen MR) is 51.0 cm³/mol. The summed E-state index contributed by atoms with van der Waals surface area (Å²) < 4.78 is 2.06. The van der Waals surface area contributed by atoms with Gasteiger partial charge in [0.25, 0.3) is 5.56 Å². The number of aliphatic hydroxyl groups is 1. The number of aromatic nitrogens is 2. The van der Waals surface area contributed by atoms with Crippen molar-refractivity contribution in [3.8, 4) is 0 Å². The molecule has 13 heavy (non-hydrogen) atoms. The molecule has 2 rings (SSSR count). The van der Waals surface area contributed by atoms with Gasteiger partial charge in [-0.1, -0.05) is 0 Å². The van der Waals surface area contributed by atoms with Crippen LogP contribution in [0.1, 0.15) is 0 Å². The van der Waals surface area contributed by atoms with Crippen molar-refractivity contribution in [2.45, 2.75) is 6.54 Å². The number of nitrogens with zero attached hydrogens (tertiary/aromatic N) is 2. The van der Waals surface area contributed by atoms with E-state index in [1.807, 2.05) is 11.4 Å². The molecule has 0 saturated heterocycles. The average molecular weight is 196 g/mol. The Hall–Kier alpha value is -1.20. The number of hydrogen-bond acceptors (Lipinski definition) is 4. The molecule has 5 heteroatoms. The van der Waals surface area contributed by atoms with Crippen molar-refractivity contribution < 1.29 is 5.11 Å². The van der Waals surface area contributed by atoms with Gasteiger partial charge in [-0.25, -0.2) is 4.98 Å². The standard InChI is InChI=1S/C8H8N2O2S/c11-3-2-10-5-9-6-1-4-13-7(6)8(10)12/h1,4-5,11H,2-3H2. The lowest BCUT2D eigenvalue weighted by Gasteiger charge is -2.00. The molecule has 0 aliphatic carbocycles. The molecule has 0 unspecified atom stereocenters. The van der Waals surface area contributed by atoms with Crippen LogP contribution in [-0.2, 0) is 6.54 Å². The van der Waals surface area contributed by atoms with Gasteiger partial charge in [0.2, 0.25) is 0 Å². The summed E-state index contributed by atoms with van der Waals surface area (Å²) in [4.78, 5) is 15.7. The molecular weight excluding hydrogens is 188 g/mol. The van der Waals surface area contributed by atoms with Crippen LogP contribution in [0.4, 0.5) is 0 Å². The third-order valence-corrected chi connectivity index (χ3v) is 2.67. The second-order valence-electron chi connectivity index (χ2n) is 2.60. The van der Waals surface area contributed by atoms with E-state index in [0.29, 0.717) is 11.2 Å². The van der Waals surface area contributed by atoms with Crippen LogP contribution in [0.2, 0.25) is 0 Å². The Morgan fingerprint density at radius 3 is 3.23 bits per heavy atom. The van der Waals surface area contributed by atoms with Crippen LogP contribution >= 0.6 is 11.3 Å². The fourth-order valence-corrected chi connectivity index (χ4v) is 1.94. The van der Waals surface area contributed by atoms with Crippen molar-refractivity contribution in [3.05, 3.63) is 28.1 Å². The molecule has 4 nitrogen and oxygen atoms in total. The number of hydrogen-bond donors (Lipinski definition) is 1. The van der Waals surface area contributed by atoms with Gasteiger partial charge in [-0.2, -0.15) is 0 Å². The molecule has 2 heterocycles. The summed E-state index contributed by atoms with van der Waals surface area (Å²) in [6.45, 7) is 0.262. The van der Waals surface area contributed by atoms with Crippen molar-refractivity contribution in [1.29, 1.82) is 0 Å². The van der Waals surface area contributed by atoms with Crippen LogP contribution in [0.15, 0.2) is 22.6 Å². The second kappa shape index (κ2) is 3.27. The highest BCUT2D eigenvalue weighted by Gasteiger charge is 2.03. The fourth-order valence-electron chi connectivity index (χ4n) is 1.15. The maximum atomic E-state index is 11.6. The zero-order chi connectivity index (χ0) is 9.26. The van der Waals surface area contributed by atoms with Crippen LogP contribution in [0.5, 0.6) is 0 Å². The van der Waals surface area contributed by atoms with Gasteiger partial charge in [0, 0.05) is 0 Å². The molecule has 0 atom stereocenters. The molecule has 0 aromatic carbocycles. The average Bonchev–Trinajstić information content (AvgIpc) is 2.58. The van der Waals surface area contributed by atoms with Gasteiger partial charge in [-0.15, -0.1) is 11.3 Å². The van der Waals surface area contributed by atoms with Gasteiger partial charge in [0.05, 0.1) is 25.0 Å². The summed E-state index contributed by atoms with van der Waals surface area (Å²) in [5.41, 5.74) is 0.651. The van der Waals surface area contributed by atoms with Crippen molar-refractivity contribution >= 4 is 21.6 Å². The number of thiophene rings is 1. The van der Waals surface area contributed by atoms with Crippen LogP contribution in [0.3, 0.4) is 0 Å². The molecule has 1 N–H and O–H groups in total. The minimum atomic E-state index is -0.0750. The van der Waals surface area contributed by atoms with E-state index in [2.05, 4.69) is 4.98 Å². The highest BCUT2D eigenvalue weighted by atomic mass is 32.1. The van der Waals surface area contributed by atoms with E-state index in [1.54, 1.807) is 0 Å². The molecule has 0 spiro atoms. The number of fused-ring (bicyclic) bond motifs is 1. The predicted octanol–water partition coefficient (Wildman–Crippen LogP) is 0.450. The topological polar surface area (TPSA) is 55.1 Å². The molecule has 0 aliphatic heterocycles. The fraction of sp³-hybridized carbons (Fsp3) is 0.250. The van der Waals surface area contributed by atoms with E-state index < -0.39 is 0 Å². The van der Waals surface area contributed by atoms with Gasteiger partial charge < -0.3 is 5.11 Å². The van der Waals surface area contributed by atoms with E-state index in [0.717, 1.165) is 5.52 Å². The maximum absolute atomic E-state index is 11.6. The Balaban J connectivity index is 2.67.